The lowest BCUT2D eigenvalue weighted by atomic mass is 9.84. The zero-order valence-electron chi connectivity index (χ0n) is 10.4. The molecule has 0 spiro atoms. The van der Waals surface area contributed by atoms with Crippen molar-refractivity contribution < 1.29 is 14.3 Å². The maximum atomic E-state index is 11.7. The fraction of sp³-hybridized carbons (Fsp3) is 0.538. The first-order valence-electron chi connectivity index (χ1n) is 5.74. The van der Waals surface area contributed by atoms with E-state index in [-0.39, 0.29) is 18.0 Å². The van der Waals surface area contributed by atoms with Crippen LogP contribution in [0.25, 0.3) is 0 Å². The van der Waals surface area contributed by atoms with Gasteiger partial charge < -0.3 is 9.47 Å². The number of methoxy groups -OCH3 is 2. The zero-order chi connectivity index (χ0) is 12.4. The SMILES string of the molecule is COC(=O)C1CCC(OC)c2cc(C)cnc21. The minimum absolute atomic E-state index is 0.0401. The lowest BCUT2D eigenvalue weighted by Gasteiger charge is -2.28. The zero-order valence-corrected chi connectivity index (χ0v) is 10.4. The van der Waals surface area contributed by atoms with Crippen LogP contribution < -0.4 is 0 Å². The molecule has 1 aromatic heterocycles. The van der Waals surface area contributed by atoms with Gasteiger partial charge in [0, 0.05) is 18.9 Å². The molecule has 0 saturated heterocycles. The normalized spacial score (nSPS) is 23.0. The second-order valence-electron chi connectivity index (χ2n) is 4.36. The first-order chi connectivity index (χ1) is 8.17. The number of aryl methyl sites for hydroxylation is 1. The third-order valence-corrected chi connectivity index (χ3v) is 3.25. The van der Waals surface area contributed by atoms with E-state index in [2.05, 4.69) is 4.98 Å². The number of rotatable bonds is 2. The van der Waals surface area contributed by atoms with Crippen molar-refractivity contribution in [2.24, 2.45) is 0 Å². The van der Waals surface area contributed by atoms with E-state index in [0.717, 1.165) is 29.7 Å². The summed E-state index contributed by atoms with van der Waals surface area (Å²) in [4.78, 5) is 16.1. The van der Waals surface area contributed by atoms with Gasteiger partial charge in [-0.1, -0.05) is 6.07 Å². The number of aromatic nitrogens is 1. The average molecular weight is 235 g/mol. The molecule has 2 unspecified atom stereocenters. The number of hydrogen-bond acceptors (Lipinski definition) is 4. The van der Waals surface area contributed by atoms with Crippen molar-refractivity contribution in [3.63, 3.8) is 0 Å². The summed E-state index contributed by atoms with van der Waals surface area (Å²) in [5.41, 5.74) is 2.91. The minimum Gasteiger partial charge on any atom is -0.469 e. The summed E-state index contributed by atoms with van der Waals surface area (Å²) in [6, 6.07) is 2.05. The van der Waals surface area contributed by atoms with Crippen molar-refractivity contribution >= 4 is 5.97 Å². The molecule has 0 radical (unpaired) electrons. The van der Waals surface area contributed by atoms with Gasteiger partial charge in [0.15, 0.2) is 0 Å². The number of esters is 1. The van der Waals surface area contributed by atoms with Gasteiger partial charge in [0.1, 0.15) is 0 Å². The standard InChI is InChI=1S/C13H17NO3/c1-8-6-10-11(16-2)5-4-9(13(15)17-3)12(10)14-7-8/h6-7,9,11H,4-5H2,1-3H3. The van der Waals surface area contributed by atoms with Gasteiger partial charge in [-0.2, -0.15) is 0 Å². The highest BCUT2D eigenvalue weighted by Gasteiger charge is 2.33. The Hall–Kier alpha value is -1.42. The highest BCUT2D eigenvalue weighted by molar-refractivity contribution is 5.78. The van der Waals surface area contributed by atoms with E-state index in [1.54, 1.807) is 13.3 Å². The second-order valence-corrected chi connectivity index (χ2v) is 4.36. The summed E-state index contributed by atoms with van der Waals surface area (Å²) < 4.78 is 10.3. The highest BCUT2D eigenvalue weighted by atomic mass is 16.5. The highest BCUT2D eigenvalue weighted by Crippen LogP contribution is 2.38. The maximum absolute atomic E-state index is 11.7. The van der Waals surface area contributed by atoms with Crippen molar-refractivity contribution in [2.45, 2.75) is 31.8 Å². The van der Waals surface area contributed by atoms with E-state index in [0.29, 0.717) is 0 Å². The van der Waals surface area contributed by atoms with Crippen LogP contribution in [0.4, 0.5) is 0 Å². The molecule has 0 bridgehead atoms. The van der Waals surface area contributed by atoms with Gasteiger partial charge in [0.2, 0.25) is 0 Å². The van der Waals surface area contributed by atoms with Crippen molar-refractivity contribution in [3.8, 4) is 0 Å². The second kappa shape index (κ2) is 4.84. The molecule has 0 fully saturated rings. The van der Waals surface area contributed by atoms with Crippen molar-refractivity contribution in [1.29, 1.82) is 0 Å². The van der Waals surface area contributed by atoms with Crippen LogP contribution in [-0.4, -0.2) is 25.2 Å². The van der Waals surface area contributed by atoms with E-state index in [1.165, 1.54) is 7.11 Å². The molecule has 4 heteroatoms. The topological polar surface area (TPSA) is 48.4 Å². The summed E-state index contributed by atoms with van der Waals surface area (Å²) in [6.45, 7) is 1.99. The number of pyridine rings is 1. The molecule has 17 heavy (non-hydrogen) atoms. The van der Waals surface area contributed by atoms with Gasteiger partial charge in [-0.15, -0.1) is 0 Å². The summed E-state index contributed by atoms with van der Waals surface area (Å²) in [5, 5.41) is 0. The lowest BCUT2D eigenvalue weighted by molar-refractivity contribution is -0.143. The van der Waals surface area contributed by atoms with Crippen molar-refractivity contribution in [2.75, 3.05) is 14.2 Å². The summed E-state index contributed by atoms with van der Waals surface area (Å²) in [5.74, 6) is -0.459. The number of nitrogens with zero attached hydrogens (tertiary/aromatic N) is 1. The van der Waals surface area contributed by atoms with Crippen LogP contribution in [0.5, 0.6) is 0 Å². The molecule has 0 aliphatic heterocycles. The average Bonchev–Trinajstić information content (AvgIpc) is 2.36. The van der Waals surface area contributed by atoms with Crippen LogP contribution in [0.3, 0.4) is 0 Å². The number of fused-ring (bicyclic) bond motifs is 1. The Labute approximate surface area is 101 Å². The molecule has 92 valence electrons. The first-order valence-corrected chi connectivity index (χ1v) is 5.74. The molecule has 4 nitrogen and oxygen atoms in total. The molecular formula is C13H17NO3. The maximum Gasteiger partial charge on any atom is 0.314 e. The molecule has 0 saturated carbocycles. The molecule has 0 amide bonds. The van der Waals surface area contributed by atoms with Gasteiger partial charge in [0.05, 0.1) is 24.8 Å². The fourth-order valence-electron chi connectivity index (χ4n) is 2.38. The van der Waals surface area contributed by atoms with Crippen LogP contribution in [0, 0.1) is 6.92 Å². The molecular weight excluding hydrogens is 218 g/mol. The minimum atomic E-state index is -0.248. The Bertz CT molecular complexity index is 431. The predicted molar refractivity (Wildman–Crippen MR) is 62.7 cm³/mol. The van der Waals surface area contributed by atoms with Crippen LogP contribution in [0.1, 0.15) is 41.7 Å². The Kier molecular flexibility index (Phi) is 3.43. The van der Waals surface area contributed by atoms with Crippen LogP contribution in [0.2, 0.25) is 0 Å². The molecule has 1 aliphatic rings. The van der Waals surface area contributed by atoms with E-state index in [9.17, 15) is 4.79 Å². The predicted octanol–water partition coefficient (Wildman–Crippen LogP) is 2.13. The summed E-state index contributed by atoms with van der Waals surface area (Å²) in [7, 11) is 3.11. The molecule has 1 heterocycles. The lowest BCUT2D eigenvalue weighted by Crippen LogP contribution is -2.24. The largest absolute Gasteiger partial charge is 0.469 e. The van der Waals surface area contributed by atoms with E-state index >= 15 is 0 Å². The number of carbonyl (C=O) groups is 1. The Morgan fingerprint density at radius 2 is 2.18 bits per heavy atom. The van der Waals surface area contributed by atoms with Gasteiger partial charge in [-0.3, -0.25) is 9.78 Å². The van der Waals surface area contributed by atoms with E-state index < -0.39 is 0 Å². The Morgan fingerprint density at radius 3 is 2.82 bits per heavy atom. The van der Waals surface area contributed by atoms with Crippen molar-refractivity contribution in [1.82, 2.24) is 4.98 Å². The number of hydrogen-bond donors (Lipinski definition) is 0. The third kappa shape index (κ3) is 2.17. The first kappa shape index (κ1) is 12.0. The molecule has 0 N–H and O–H groups in total. The van der Waals surface area contributed by atoms with Gasteiger partial charge in [-0.25, -0.2) is 0 Å². The summed E-state index contributed by atoms with van der Waals surface area (Å²) in [6.07, 6.45) is 3.38. The van der Waals surface area contributed by atoms with Crippen LogP contribution >= 0.6 is 0 Å². The van der Waals surface area contributed by atoms with Crippen molar-refractivity contribution in [3.05, 3.63) is 29.1 Å². The van der Waals surface area contributed by atoms with Crippen LogP contribution in [-0.2, 0) is 14.3 Å². The molecule has 0 aromatic carbocycles. The van der Waals surface area contributed by atoms with Gasteiger partial charge >= 0.3 is 5.97 Å². The molecule has 1 aliphatic carbocycles. The van der Waals surface area contributed by atoms with E-state index in [4.69, 9.17) is 9.47 Å². The fourth-order valence-corrected chi connectivity index (χ4v) is 2.38. The van der Waals surface area contributed by atoms with Gasteiger partial charge in [0.25, 0.3) is 0 Å². The smallest absolute Gasteiger partial charge is 0.314 e. The molecule has 2 atom stereocenters. The van der Waals surface area contributed by atoms with Gasteiger partial charge in [-0.05, 0) is 25.3 Å². The van der Waals surface area contributed by atoms with E-state index in [1.807, 2.05) is 13.0 Å². The Balaban J connectivity index is 2.43. The number of ether oxygens (including phenoxy) is 2. The summed E-state index contributed by atoms with van der Waals surface area (Å²) >= 11 is 0. The monoisotopic (exact) mass is 235 g/mol. The third-order valence-electron chi connectivity index (χ3n) is 3.25. The number of carbonyl (C=O) groups excluding carboxylic acids is 1. The quantitative estimate of drug-likeness (QED) is 0.737. The molecule has 1 aromatic rings. The Morgan fingerprint density at radius 1 is 1.41 bits per heavy atom. The molecule has 2 rings (SSSR count). The van der Waals surface area contributed by atoms with Crippen LogP contribution in [0.15, 0.2) is 12.3 Å².